The molecule has 1 aromatic rings. The quantitative estimate of drug-likeness (QED) is 0.615. The summed E-state index contributed by atoms with van der Waals surface area (Å²) in [4.78, 5) is 4.34. The molecular weight excluding hydrogens is 212 g/mol. The van der Waals surface area contributed by atoms with E-state index in [9.17, 15) is 0 Å². The molecule has 96 valence electrons. The van der Waals surface area contributed by atoms with E-state index in [-0.39, 0.29) is 0 Å². The third kappa shape index (κ3) is 5.26. The van der Waals surface area contributed by atoms with Gasteiger partial charge < -0.3 is 16.8 Å². The molecule has 0 radical (unpaired) electrons. The van der Waals surface area contributed by atoms with Gasteiger partial charge in [0.05, 0.1) is 0 Å². The molecule has 0 fully saturated rings. The highest BCUT2D eigenvalue weighted by Crippen LogP contribution is 2.03. The van der Waals surface area contributed by atoms with Crippen LogP contribution in [0.4, 0.5) is 0 Å². The van der Waals surface area contributed by atoms with Crippen molar-refractivity contribution in [3.05, 3.63) is 30.1 Å². The summed E-state index contributed by atoms with van der Waals surface area (Å²) in [6, 6.07) is 6.48. The molecule has 0 saturated carbocycles. The fourth-order valence-corrected chi connectivity index (χ4v) is 1.73. The molecule has 0 aliphatic heterocycles. The zero-order chi connectivity index (χ0) is 12.5. The van der Waals surface area contributed by atoms with Gasteiger partial charge in [-0.2, -0.15) is 0 Å². The molecule has 1 atom stereocenters. The van der Waals surface area contributed by atoms with E-state index >= 15 is 0 Å². The Morgan fingerprint density at radius 2 is 2.06 bits per heavy atom. The lowest BCUT2D eigenvalue weighted by molar-refractivity contribution is 0.422. The predicted molar refractivity (Wildman–Crippen MR) is 71.6 cm³/mol. The number of hydrogen-bond donors (Lipinski definition) is 3. The maximum atomic E-state index is 5.63. The van der Waals surface area contributed by atoms with E-state index in [1.807, 2.05) is 18.3 Å². The summed E-state index contributed by atoms with van der Waals surface area (Å²) in [5.74, 6) is 0.368. The maximum absolute atomic E-state index is 5.63. The molecule has 0 bridgehead atoms. The van der Waals surface area contributed by atoms with Crippen LogP contribution in [0, 0.1) is 5.92 Å². The molecule has 1 unspecified atom stereocenters. The SMILES string of the molecule is CCC(Cc1ccccn1)NCC(CN)CN. The van der Waals surface area contributed by atoms with Crippen LogP contribution < -0.4 is 16.8 Å². The molecule has 1 heterocycles. The van der Waals surface area contributed by atoms with Crippen LogP contribution in [0.25, 0.3) is 0 Å². The largest absolute Gasteiger partial charge is 0.330 e. The van der Waals surface area contributed by atoms with Gasteiger partial charge in [0.25, 0.3) is 0 Å². The Bertz CT molecular complexity index is 285. The standard InChI is InChI=1S/C13H24N4/c1-2-12(17-10-11(8-14)9-15)7-13-5-3-4-6-16-13/h3-6,11-12,17H,2,7-10,14-15H2,1H3. The summed E-state index contributed by atoms with van der Waals surface area (Å²) in [5.41, 5.74) is 12.4. The molecule has 5 N–H and O–H groups in total. The molecule has 1 aromatic heterocycles. The minimum Gasteiger partial charge on any atom is -0.330 e. The topological polar surface area (TPSA) is 77.0 Å². The number of nitrogens with zero attached hydrogens (tertiary/aromatic N) is 1. The van der Waals surface area contributed by atoms with E-state index in [0.29, 0.717) is 25.0 Å². The Kier molecular flexibility index (Phi) is 6.77. The first-order valence-corrected chi connectivity index (χ1v) is 6.33. The zero-order valence-corrected chi connectivity index (χ0v) is 10.6. The van der Waals surface area contributed by atoms with Crippen molar-refractivity contribution >= 4 is 0 Å². The molecule has 0 aliphatic rings. The number of pyridine rings is 1. The Morgan fingerprint density at radius 1 is 1.29 bits per heavy atom. The summed E-state index contributed by atoms with van der Waals surface area (Å²) in [7, 11) is 0. The highest BCUT2D eigenvalue weighted by atomic mass is 14.9. The normalized spacial score (nSPS) is 12.9. The van der Waals surface area contributed by atoms with E-state index < -0.39 is 0 Å². The molecular formula is C13H24N4. The lowest BCUT2D eigenvalue weighted by Crippen LogP contribution is -2.39. The molecule has 4 heteroatoms. The molecule has 0 aromatic carbocycles. The van der Waals surface area contributed by atoms with Crippen molar-refractivity contribution < 1.29 is 0 Å². The van der Waals surface area contributed by atoms with Gasteiger partial charge in [-0.1, -0.05) is 13.0 Å². The van der Waals surface area contributed by atoms with Crippen molar-refractivity contribution in [2.75, 3.05) is 19.6 Å². The predicted octanol–water partition coefficient (Wildman–Crippen LogP) is 0.526. The summed E-state index contributed by atoms with van der Waals surface area (Å²) in [5, 5.41) is 3.52. The van der Waals surface area contributed by atoms with E-state index in [1.165, 1.54) is 0 Å². The second kappa shape index (κ2) is 8.17. The maximum Gasteiger partial charge on any atom is 0.0419 e. The lowest BCUT2D eigenvalue weighted by atomic mass is 10.1. The van der Waals surface area contributed by atoms with E-state index in [4.69, 9.17) is 11.5 Å². The van der Waals surface area contributed by atoms with Gasteiger partial charge in [-0.3, -0.25) is 4.98 Å². The molecule has 1 rings (SSSR count). The van der Waals surface area contributed by atoms with Gasteiger partial charge in [-0.05, 0) is 37.6 Å². The molecule has 0 spiro atoms. The minimum atomic E-state index is 0.368. The van der Waals surface area contributed by atoms with Crippen LogP contribution in [-0.2, 0) is 6.42 Å². The van der Waals surface area contributed by atoms with Crippen LogP contribution in [0.15, 0.2) is 24.4 Å². The fraction of sp³-hybridized carbons (Fsp3) is 0.615. The van der Waals surface area contributed by atoms with Gasteiger partial charge in [0, 0.05) is 30.9 Å². The third-order valence-corrected chi connectivity index (χ3v) is 3.04. The van der Waals surface area contributed by atoms with E-state index in [2.05, 4.69) is 23.3 Å². The number of aromatic nitrogens is 1. The molecule has 0 aliphatic carbocycles. The highest BCUT2D eigenvalue weighted by Gasteiger charge is 2.10. The molecule has 4 nitrogen and oxygen atoms in total. The Hall–Kier alpha value is -0.970. The number of hydrogen-bond acceptors (Lipinski definition) is 4. The van der Waals surface area contributed by atoms with Crippen LogP contribution in [0.2, 0.25) is 0 Å². The Labute approximate surface area is 104 Å². The van der Waals surface area contributed by atoms with Crippen molar-refractivity contribution in [1.82, 2.24) is 10.3 Å². The zero-order valence-electron chi connectivity index (χ0n) is 10.6. The first-order chi connectivity index (χ1) is 8.30. The average molecular weight is 236 g/mol. The third-order valence-electron chi connectivity index (χ3n) is 3.04. The van der Waals surface area contributed by atoms with Crippen molar-refractivity contribution in [2.45, 2.75) is 25.8 Å². The summed E-state index contributed by atoms with van der Waals surface area (Å²) >= 11 is 0. The van der Waals surface area contributed by atoms with Crippen molar-refractivity contribution in [1.29, 1.82) is 0 Å². The van der Waals surface area contributed by atoms with Crippen LogP contribution in [0.5, 0.6) is 0 Å². The average Bonchev–Trinajstić information content (AvgIpc) is 2.39. The van der Waals surface area contributed by atoms with Crippen LogP contribution in [0.1, 0.15) is 19.0 Å². The van der Waals surface area contributed by atoms with E-state index in [1.54, 1.807) is 0 Å². The minimum absolute atomic E-state index is 0.368. The van der Waals surface area contributed by atoms with Gasteiger partial charge in [0.2, 0.25) is 0 Å². The van der Waals surface area contributed by atoms with Crippen molar-refractivity contribution in [3.63, 3.8) is 0 Å². The van der Waals surface area contributed by atoms with Crippen molar-refractivity contribution in [2.24, 2.45) is 17.4 Å². The second-order valence-electron chi connectivity index (χ2n) is 4.38. The fourth-order valence-electron chi connectivity index (χ4n) is 1.73. The molecule has 0 amide bonds. The number of nitrogens with two attached hydrogens (primary N) is 2. The monoisotopic (exact) mass is 236 g/mol. The Morgan fingerprint density at radius 3 is 2.59 bits per heavy atom. The molecule has 0 saturated heterocycles. The second-order valence-corrected chi connectivity index (χ2v) is 4.38. The van der Waals surface area contributed by atoms with Gasteiger partial charge in [0.15, 0.2) is 0 Å². The summed E-state index contributed by atoms with van der Waals surface area (Å²) in [6.07, 6.45) is 3.88. The smallest absolute Gasteiger partial charge is 0.0419 e. The van der Waals surface area contributed by atoms with Gasteiger partial charge in [0.1, 0.15) is 0 Å². The lowest BCUT2D eigenvalue weighted by Gasteiger charge is -2.20. The van der Waals surface area contributed by atoms with Gasteiger partial charge >= 0.3 is 0 Å². The number of rotatable bonds is 8. The first kappa shape index (κ1) is 14.1. The van der Waals surface area contributed by atoms with Gasteiger partial charge in [-0.25, -0.2) is 0 Å². The molecule has 17 heavy (non-hydrogen) atoms. The van der Waals surface area contributed by atoms with Crippen molar-refractivity contribution in [3.8, 4) is 0 Å². The van der Waals surface area contributed by atoms with Gasteiger partial charge in [-0.15, -0.1) is 0 Å². The van der Waals surface area contributed by atoms with Crippen LogP contribution in [0.3, 0.4) is 0 Å². The highest BCUT2D eigenvalue weighted by molar-refractivity contribution is 5.05. The van der Waals surface area contributed by atoms with E-state index in [0.717, 1.165) is 25.1 Å². The first-order valence-electron chi connectivity index (χ1n) is 6.33. The summed E-state index contributed by atoms with van der Waals surface area (Å²) in [6.45, 7) is 4.35. The number of nitrogens with one attached hydrogen (secondary N) is 1. The Balaban J connectivity index is 2.38. The van der Waals surface area contributed by atoms with Crippen LogP contribution in [-0.4, -0.2) is 30.7 Å². The summed E-state index contributed by atoms with van der Waals surface area (Å²) < 4.78 is 0. The van der Waals surface area contributed by atoms with Crippen LogP contribution >= 0.6 is 0 Å².